The molecule has 2 aliphatic rings. The number of fused-ring (bicyclic) bond motifs is 1. The van der Waals surface area contributed by atoms with E-state index in [0.29, 0.717) is 36.0 Å². The van der Waals surface area contributed by atoms with Crippen LogP contribution in [0.5, 0.6) is 5.75 Å². The molecule has 3 aromatic rings. The van der Waals surface area contributed by atoms with Gasteiger partial charge in [0.15, 0.2) is 6.61 Å². The van der Waals surface area contributed by atoms with Gasteiger partial charge in [-0.2, -0.15) is 5.10 Å². The zero-order valence-corrected chi connectivity index (χ0v) is 18.0. The van der Waals surface area contributed by atoms with E-state index in [0.717, 1.165) is 12.8 Å². The number of carbonyl (C=O) groups is 2. The first kappa shape index (κ1) is 20.3. The quantitative estimate of drug-likeness (QED) is 0.688. The van der Waals surface area contributed by atoms with Gasteiger partial charge in [0, 0.05) is 37.8 Å². The van der Waals surface area contributed by atoms with Crippen molar-refractivity contribution < 1.29 is 14.3 Å². The van der Waals surface area contributed by atoms with Gasteiger partial charge in [0.05, 0.1) is 11.9 Å². The highest BCUT2D eigenvalue weighted by Gasteiger charge is 2.31. The summed E-state index contributed by atoms with van der Waals surface area (Å²) in [6.45, 7) is 1.41. The van der Waals surface area contributed by atoms with Gasteiger partial charge in [0.1, 0.15) is 5.75 Å². The molecular weight excluding hydrogens is 404 g/mol. The molecule has 0 unspecified atom stereocenters. The van der Waals surface area contributed by atoms with Crippen LogP contribution < -0.4 is 10.1 Å². The number of amides is 2. The fraction of sp³-hybridized carbons (Fsp3) is 0.320. The Balaban J connectivity index is 1.31. The van der Waals surface area contributed by atoms with Crippen molar-refractivity contribution in [2.45, 2.75) is 18.8 Å². The van der Waals surface area contributed by atoms with Crippen molar-refractivity contribution in [3.63, 3.8) is 0 Å². The maximum atomic E-state index is 13.1. The van der Waals surface area contributed by atoms with Crippen LogP contribution in [0.1, 0.15) is 40.2 Å². The Morgan fingerprint density at radius 3 is 2.62 bits per heavy atom. The van der Waals surface area contributed by atoms with E-state index in [2.05, 4.69) is 40.9 Å². The minimum Gasteiger partial charge on any atom is -0.482 e. The second-order valence-corrected chi connectivity index (χ2v) is 8.51. The Labute approximate surface area is 187 Å². The fourth-order valence-electron chi connectivity index (χ4n) is 4.83. The van der Waals surface area contributed by atoms with Crippen molar-refractivity contribution >= 4 is 17.5 Å². The van der Waals surface area contributed by atoms with E-state index < -0.39 is 0 Å². The monoisotopic (exact) mass is 430 g/mol. The van der Waals surface area contributed by atoms with Crippen LogP contribution in [-0.4, -0.2) is 46.2 Å². The summed E-state index contributed by atoms with van der Waals surface area (Å²) in [6, 6.07) is 15.8. The van der Waals surface area contributed by atoms with Gasteiger partial charge in [0.2, 0.25) is 0 Å². The Bertz CT molecular complexity index is 1130. The summed E-state index contributed by atoms with van der Waals surface area (Å²) in [5.41, 5.74) is 3.63. The van der Waals surface area contributed by atoms with Crippen LogP contribution in [0.25, 0.3) is 0 Å². The lowest BCUT2D eigenvalue weighted by molar-refractivity contribution is -0.118. The van der Waals surface area contributed by atoms with Crippen molar-refractivity contribution in [2.24, 2.45) is 13.0 Å². The third-order valence-corrected chi connectivity index (χ3v) is 6.40. The molecule has 164 valence electrons. The Kier molecular flexibility index (Phi) is 5.39. The number of nitrogens with one attached hydrogen (secondary N) is 1. The van der Waals surface area contributed by atoms with Gasteiger partial charge in [-0.25, -0.2) is 0 Å². The first-order valence-electron chi connectivity index (χ1n) is 11.0. The molecule has 2 aromatic carbocycles. The highest BCUT2D eigenvalue weighted by atomic mass is 16.5. The second kappa shape index (κ2) is 8.49. The SMILES string of the molecule is Cn1cc([C@@H](c2ccccc2)C2CCN(C(=O)c3ccc4c(c3)NC(=O)CO4)CC2)cn1. The fourth-order valence-corrected chi connectivity index (χ4v) is 4.83. The Morgan fingerprint density at radius 2 is 1.91 bits per heavy atom. The molecule has 5 rings (SSSR count). The van der Waals surface area contributed by atoms with E-state index in [1.54, 1.807) is 18.2 Å². The zero-order valence-electron chi connectivity index (χ0n) is 18.0. The molecule has 0 radical (unpaired) electrons. The van der Waals surface area contributed by atoms with E-state index in [1.165, 1.54) is 11.1 Å². The largest absolute Gasteiger partial charge is 0.482 e. The number of piperidine rings is 1. The first-order chi connectivity index (χ1) is 15.6. The van der Waals surface area contributed by atoms with E-state index >= 15 is 0 Å². The smallest absolute Gasteiger partial charge is 0.262 e. The molecule has 7 nitrogen and oxygen atoms in total. The first-order valence-corrected chi connectivity index (χ1v) is 11.0. The number of ether oxygens (including phenoxy) is 1. The van der Waals surface area contributed by atoms with Crippen LogP contribution in [-0.2, 0) is 11.8 Å². The second-order valence-electron chi connectivity index (χ2n) is 8.51. The number of hydrogen-bond acceptors (Lipinski definition) is 4. The lowest BCUT2D eigenvalue weighted by Gasteiger charge is -2.36. The molecule has 0 bridgehead atoms. The van der Waals surface area contributed by atoms with Crippen LogP contribution >= 0.6 is 0 Å². The highest BCUT2D eigenvalue weighted by molar-refractivity contribution is 5.99. The lowest BCUT2D eigenvalue weighted by Crippen LogP contribution is -2.40. The Morgan fingerprint density at radius 1 is 1.12 bits per heavy atom. The summed E-state index contributed by atoms with van der Waals surface area (Å²) in [4.78, 5) is 26.7. The molecule has 0 saturated carbocycles. The summed E-state index contributed by atoms with van der Waals surface area (Å²) in [6.07, 6.45) is 5.90. The maximum absolute atomic E-state index is 13.1. The summed E-state index contributed by atoms with van der Waals surface area (Å²) in [7, 11) is 1.94. The van der Waals surface area contributed by atoms with Crippen LogP contribution in [0, 0.1) is 5.92 Å². The van der Waals surface area contributed by atoms with Crippen LogP contribution in [0.4, 0.5) is 5.69 Å². The maximum Gasteiger partial charge on any atom is 0.262 e. The molecule has 1 aromatic heterocycles. The third kappa shape index (κ3) is 3.98. The normalized spacial score (nSPS) is 17.3. The number of likely N-dealkylation sites (tertiary alicyclic amines) is 1. The van der Waals surface area contributed by atoms with Gasteiger partial charge in [-0.05, 0) is 48.1 Å². The zero-order chi connectivity index (χ0) is 22.1. The van der Waals surface area contributed by atoms with Crippen molar-refractivity contribution in [2.75, 3.05) is 25.0 Å². The third-order valence-electron chi connectivity index (χ3n) is 6.40. The minimum absolute atomic E-state index is 0.00726. The topological polar surface area (TPSA) is 76.5 Å². The molecule has 0 spiro atoms. The van der Waals surface area contributed by atoms with Gasteiger partial charge >= 0.3 is 0 Å². The van der Waals surface area contributed by atoms with E-state index in [4.69, 9.17) is 4.74 Å². The van der Waals surface area contributed by atoms with E-state index in [-0.39, 0.29) is 24.3 Å². The molecule has 2 amide bonds. The predicted octanol–water partition coefficient (Wildman–Crippen LogP) is 3.44. The van der Waals surface area contributed by atoms with Gasteiger partial charge in [-0.15, -0.1) is 0 Å². The average Bonchev–Trinajstić information content (AvgIpc) is 3.25. The van der Waals surface area contributed by atoms with Crippen molar-refractivity contribution in [1.29, 1.82) is 0 Å². The number of benzene rings is 2. The number of aryl methyl sites for hydroxylation is 1. The number of nitrogens with zero attached hydrogens (tertiary/aromatic N) is 3. The van der Waals surface area contributed by atoms with Gasteiger partial charge in [-0.1, -0.05) is 30.3 Å². The predicted molar refractivity (Wildman–Crippen MR) is 121 cm³/mol. The van der Waals surface area contributed by atoms with Gasteiger partial charge in [-0.3, -0.25) is 14.3 Å². The summed E-state index contributed by atoms with van der Waals surface area (Å²) < 4.78 is 7.25. The molecule has 1 saturated heterocycles. The van der Waals surface area contributed by atoms with Gasteiger partial charge in [0.25, 0.3) is 11.8 Å². The average molecular weight is 431 g/mol. The number of anilines is 1. The number of carbonyl (C=O) groups excluding carboxylic acids is 2. The summed E-state index contributed by atoms with van der Waals surface area (Å²) in [5.74, 6) is 1.08. The van der Waals surface area contributed by atoms with Crippen molar-refractivity contribution in [1.82, 2.24) is 14.7 Å². The highest BCUT2D eigenvalue weighted by Crippen LogP contribution is 2.38. The number of hydrogen-bond donors (Lipinski definition) is 1. The van der Waals surface area contributed by atoms with Crippen LogP contribution in [0.15, 0.2) is 60.9 Å². The molecule has 32 heavy (non-hydrogen) atoms. The minimum atomic E-state index is -0.203. The molecule has 1 fully saturated rings. The molecule has 3 heterocycles. The van der Waals surface area contributed by atoms with Crippen LogP contribution in [0.3, 0.4) is 0 Å². The number of rotatable bonds is 4. The molecule has 1 atom stereocenters. The van der Waals surface area contributed by atoms with Crippen molar-refractivity contribution in [3.8, 4) is 5.75 Å². The van der Waals surface area contributed by atoms with Crippen molar-refractivity contribution in [3.05, 3.63) is 77.6 Å². The molecule has 0 aliphatic carbocycles. The summed E-state index contributed by atoms with van der Waals surface area (Å²) >= 11 is 0. The van der Waals surface area contributed by atoms with E-state index in [1.807, 2.05) is 28.9 Å². The molecule has 7 heteroatoms. The van der Waals surface area contributed by atoms with E-state index in [9.17, 15) is 9.59 Å². The molecule has 1 N–H and O–H groups in total. The number of aromatic nitrogens is 2. The van der Waals surface area contributed by atoms with Gasteiger partial charge < -0.3 is 15.0 Å². The Hall–Kier alpha value is -3.61. The lowest BCUT2D eigenvalue weighted by atomic mass is 9.77. The van der Waals surface area contributed by atoms with Crippen LogP contribution in [0.2, 0.25) is 0 Å². The summed E-state index contributed by atoms with van der Waals surface area (Å²) in [5, 5.41) is 7.17. The standard InChI is InChI=1S/C25H26N4O3/c1-28-15-20(14-26-28)24(17-5-3-2-4-6-17)18-9-11-29(12-10-18)25(31)19-7-8-22-21(13-19)27-23(30)16-32-22/h2-8,13-15,18,24H,9-12,16H2,1H3,(H,27,30)/t24-/m0/s1. The molecular formula is C25H26N4O3. The molecule has 2 aliphatic heterocycles.